The van der Waals surface area contributed by atoms with E-state index in [4.69, 9.17) is 4.42 Å². The van der Waals surface area contributed by atoms with E-state index in [1.54, 1.807) is 0 Å². The zero-order chi connectivity index (χ0) is 34.2. The smallest absolute Gasteiger partial charge is 0.137 e. The van der Waals surface area contributed by atoms with Crippen molar-refractivity contribution in [3.8, 4) is 0 Å². The second-order valence-corrected chi connectivity index (χ2v) is 16.7. The highest BCUT2D eigenvalue weighted by Gasteiger charge is 2.33. The minimum atomic E-state index is 0.360. The highest BCUT2D eigenvalue weighted by atomic mass is 32.2. The van der Waals surface area contributed by atoms with Gasteiger partial charge in [0.15, 0.2) is 0 Å². The highest BCUT2D eigenvalue weighted by molar-refractivity contribution is 8.00. The lowest BCUT2D eigenvalue weighted by Gasteiger charge is -2.32. The molecule has 2 nitrogen and oxygen atoms in total. The zero-order valence-electron chi connectivity index (χ0n) is 28.8. The fourth-order valence-corrected chi connectivity index (χ4v) is 11.9. The van der Waals surface area contributed by atoms with Crippen LogP contribution in [-0.2, 0) is 6.42 Å². The first kappa shape index (κ1) is 30.6. The normalized spacial score (nSPS) is 21.5. The first-order valence-electron chi connectivity index (χ1n) is 18.6. The number of benzene rings is 4. The number of allylic oxidation sites excluding steroid dienone is 7. The molecule has 4 heteroatoms. The van der Waals surface area contributed by atoms with E-state index in [-0.39, 0.29) is 0 Å². The van der Waals surface area contributed by atoms with Crippen LogP contribution in [0.2, 0.25) is 0 Å². The maximum absolute atomic E-state index is 6.47. The Balaban J connectivity index is 1.06. The molecule has 6 aromatic rings. The van der Waals surface area contributed by atoms with Gasteiger partial charge in [-0.1, -0.05) is 115 Å². The van der Waals surface area contributed by atoms with Gasteiger partial charge in [0.25, 0.3) is 0 Å². The largest absolute Gasteiger partial charge is 0.456 e. The Morgan fingerprint density at radius 2 is 1.58 bits per heavy atom. The Bertz CT molecular complexity index is 2720. The van der Waals surface area contributed by atoms with Crippen LogP contribution in [0, 0.1) is 5.92 Å². The van der Waals surface area contributed by atoms with E-state index in [0.29, 0.717) is 17.1 Å². The van der Waals surface area contributed by atoms with Crippen molar-refractivity contribution < 1.29 is 4.42 Å². The number of nitrogens with zero attached hydrogens (tertiary/aromatic N) is 1. The summed E-state index contributed by atoms with van der Waals surface area (Å²) in [6, 6.07) is 35.0. The van der Waals surface area contributed by atoms with Gasteiger partial charge in [-0.2, -0.15) is 0 Å². The van der Waals surface area contributed by atoms with Crippen molar-refractivity contribution in [1.29, 1.82) is 0 Å². The molecule has 4 aliphatic carbocycles. The van der Waals surface area contributed by atoms with E-state index in [2.05, 4.69) is 151 Å². The first-order valence-corrected chi connectivity index (χ1v) is 20.3. The van der Waals surface area contributed by atoms with Crippen LogP contribution in [-0.4, -0.2) is 5.25 Å². The van der Waals surface area contributed by atoms with Crippen molar-refractivity contribution in [3.63, 3.8) is 0 Å². The van der Waals surface area contributed by atoms with Gasteiger partial charge in [-0.05, 0) is 95.5 Å². The maximum atomic E-state index is 6.47. The Morgan fingerprint density at radius 1 is 0.731 bits per heavy atom. The fourth-order valence-electron chi connectivity index (χ4n) is 9.10. The van der Waals surface area contributed by atoms with E-state index >= 15 is 0 Å². The molecule has 0 saturated heterocycles. The lowest BCUT2D eigenvalue weighted by Crippen LogP contribution is -2.35. The van der Waals surface area contributed by atoms with Crippen molar-refractivity contribution in [2.75, 3.05) is 4.90 Å². The molecule has 3 atom stereocenters. The Kier molecular flexibility index (Phi) is 7.23. The van der Waals surface area contributed by atoms with E-state index in [0.717, 1.165) is 43.3 Å². The van der Waals surface area contributed by atoms with Crippen LogP contribution in [0.1, 0.15) is 53.2 Å². The van der Waals surface area contributed by atoms with Crippen molar-refractivity contribution in [1.82, 2.24) is 0 Å². The van der Waals surface area contributed by atoms with Crippen LogP contribution in [0.5, 0.6) is 0 Å². The summed E-state index contributed by atoms with van der Waals surface area (Å²) in [4.78, 5) is 5.47. The van der Waals surface area contributed by atoms with Crippen molar-refractivity contribution in [2.45, 2.75) is 48.2 Å². The summed E-state index contributed by atoms with van der Waals surface area (Å²) in [5, 5.41) is 4.31. The van der Waals surface area contributed by atoms with E-state index in [1.807, 2.05) is 23.1 Å². The third-order valence-electron chi connectivity index (χ3n) is 11.5. The van der Waals surface area contributed by atoms with Crippen LogP contribution < -0.4 is 14.7 Å². The molecule has 3 heterocycles. The molecule has 1 aliphatic heterocycles. The monoisotopic (exact) mass is 707 g/mol. The third kappa shape index (κ3) is 4.84. The molecule has 5 aliphatic rings. The van der Waals surface area contributed by atoms with Crippen molar-refractivity contribution >= 4 is 68.1 Å². The average Bonchev–Trinajstić information content (AvgIpc) is 3.90. The van der Waals surface area contributed by atoms with Gasteiger partial charge in [-0.15, -0.1) is 23.1 Å². The lowest BCUT2D eigenvalue weighted by molar-refractivity contribution is 0.669. The third-order valence-corrected chi connectivity index (χ3v) is 14.2. The lowest BCUT2D eigenvalue weighted by atomic mass is 9.82. The molecular weight excluding hydrogens is 671 g/mol. The molecule has 11 rings (SSSR count). The summed E-state index contributed by atoms with van der Waals surface area (Å²) in [5.41, 5.74) is 12.9. The number of thiophene rings is 1. The molecule has 3 unspecified atom stereocenters. The van der Waals surface area contributed by atoms with Gasteiger partial charge in [-0.25, -0.2) is 0 Å². The summed E-state index contributed by atoms with van der Waals surface area (Å²) in [6.07, 6.45) is 24.9. The summed E-state index contributed by atoms with van der Waals surface area (Å²) < 4.78 is 7.89. The molecule has 2 aromatic heterocycles. The highest BCUT2D eigenvalue weighted by Crippen LogP contribution is 2.50. The van der Waals surface area contributed by atoms with Crippen LogP contribution >= 0.6 is 23.1 Å². The van der Waals surface area contributed by atoms with Gasteiger partial charge < -0.3 is 9.32 Å². The molecule has 0 bridgehead atoms. The molecule has 4 aromatic carbocycles. The quantitative estimate of drug-likeness (QED) is 0.177. The standard InChI is InChI=1S/C48H37NOS2/c1-2-11-31(12-3-1)34-15-8-16-36-37-17-9-19-41(48(37)52-47(34)36)49(40-18-10-21-43-46(40)38-14-4-6-20-42(38)50-43)33-26-23-30(24-27-33)32-25-28-45-39(29-32)35-13-5-7-22-44(35)51-45/h1-7,10-15,17-18,20-23,25-30,39,45H,8-9,16,19,24H2. The number of hydrogen-bond donors (Lipinski definition) is 0. The number of fused-ring (bicyclic) bond motifs is 9. The summed E-state index contributed by atoms with van der Waals surface area (Å²) >= 11 is 4.01. The van der Waals surface area contributed by atoms with Gasteiger partial charge in [-0.3, -0.25) is 0 Å². The Morgan fingerprint density at radius 3 is 2.50 bits per heavy atom. The van der Waals surface area contributed by atoms with Gasteiger partial charge in [0.2, 0.25) is 0 Å². The van der Waals surface area contributed by atoms with E-state index in [9.17, 15) is 0 Å². The second-order valence-electron chi connectivity index (χ2n) is 14.5. The molecular formula is C48H37NOS2. The van der Waals surface area contributed by atoms with E-state index < -0.39 is 0 Å². The molecule has 0 radical (unpaired) electrons. The number of furan rings is 1. The predicted octanol–water partition coefficient (Wildman–Crippen LogP) is 11.4. The zero-order valence-corrected chi connectivity index (χ0v) is 30.4. The Hall–Kier alpha value is -5.03. The van der Waals surface area contributed by atoms with E-state index in [1.165, 1.54) is 75.2 Å². The summed E-state index contributed by atoms with van der Waals surface area (Å²) in [6.45, 7) is 0. The van der Waals surface area contributed by atoms with Crippen LogP contribution in [0.3, 0.4) is 0 Å². The number of rotatable bonds is 5. The molecule has 0 fully saturated rings. The SMILES string of the molecule is C1=CC2Sc3ccccc3C2C=C1C1C=CC(N(C2=c3sc4c(c3=CCC2)CCC=C4c2ccccc2)c2cccc3oc4ccccc4c23)=CC1. The van der Waals surface area contributed by atoms with Crippen LogP contribution in [0.15, 0.2) is 160 Å². The number of para-hydroxylation sites is 1. The van der Waals surface area contributed by atoms with Gasteiger partial charge in [0.05, 0.1) is 15.6 Å². The molecule has 0 amide bonds. The minimum Gasteiger partial charge on any atom is -0.456 e. The topological polar surface area (TPSA) is 16.4 Å². The molecule has 252 valence electrons. The summed E-state index contributed by atoms with van der Waals surface area (Å²) in [5.74, 6) is 0.814. The maximum Gasteiger partial charge on any atom is 0.137 e. The molecule has 0 spiro atoms. The number of thioether (sulfide) groups is 1. The number of hydrogen-bond acceptors (Lipinski definition) is 4. The Labute approximate surface area is 312 Å². The first-order chi connectivity index (χ1) is 25.8. The predicted molar refractivity (Wildman–Crippen MR) is 220 cm³/mol. The van der Waals surface area contributed by atoms with Crippen LogP contribution in [0.25, 0.3) is 39.3 Å². The number of anilines is 1. The van der Waals surface area contributed by atoms with Crippen molar-refractivity contribution in [3.05, 3.63) is 182 Å². The van der Waals surface area contributed by atoms with Crippen LogP contribution in [0.4, 0.5) is 5.69 Å². The minimum absolute atomic E-state index is 0.360. The molecule has 0 N–H and O–H groups in total. The fraction of sp³-hybridized carbons (Fsp3) is 0.167. The second kappa shape index (κ2) is 12.3. The molecule has 52 heavy (non-hydrogen) atoms. The van der Waals surface area contributed by atoms with Gasteiger partial charge >= 0.3 is 0 Å². The molecule has 0 saturated carbocycles. The van der Waals surface area contributed by atoms with Gasteiger partial charge in [0.1, 0.15) is 11.2 Å². The summed E-state index contributed by atoms with van der Waals surface area (Å²) in [7, 11) is 0. The van der Waals surface area contributed by atoms with Crippen molar-refractivity contribution in [2.24, 2.45) is 5.92 Å². The van der Waals surface area contributed by atoms with Gasteiger partial charge in [0, 0.05) is 43.6 Å². The average molecular weight is 708 g/mol.